The lowest BCUT2D eigenvalue weighted by atomic mass is 10.0. The Hall–Kier alpha value is -2.14. The van der Waals surface area contributed by atoms with E-state index in [0.29, 0.717) is 24.3 Å². The number of hydrogen-bond donors (Lipinski definition) is 2. The Balaban J connectivity index is 2.14. The van der Waals surface area contributed by atoms with Crippen molar-refractivity contribution < 1.29 is 9.90 Å². The molecule has 0 aliphatic heterocycles. The highest BCUT2D eigenvalue weighted by atomic mass is 16.3. The molecule has 5 nitrogen and oxygen atoms in total. The second-order valence-electron chi connectivity index (χ2n) is 6.52. The minimum absolute atomic E-state index is 0.112. The summed E-state index contributed by atoms with van der Waals surface area (Å²) in [5, 5.41) is 16.5. The van der Waals surface area contributed by atoms with Crippen LogP contribution >= 0.6 is 0 Å². The summed E-state index contributed by atoms with van der Waals surface area (Å²) in [6.45, 7) is 7.09. The second-order valence-corrected chi connectivity index (χ2v) is 6.52. The fraction of sp³-hybridized carbons (Fsp3) is 0.474. The van der Waals surface area contributed by atoms with Gasteiger partial charge in [-0.1, -0.05) is 44.2 Å². The molecule has 2 aromatic rings. The summed E-state index contributed by atoms with van der Waals surface area (Å²) >= 11 is 0. The van der Waals surface area contributed by atoms with Crippen molar-refractivity contribution >= 4 is 5.91 Å². The molecule has 24 heavy (non-hydrogen) atoms. The molecule has 0 aliphatic carbocycles. The molecule has 0 spiro atoms. The Morgan fingerprint density at radius 1 is 1.29 bits per heavy atom. The number of benzene rings is 1. The van der Waals surface area contributed by atoms with E-state index in [1.165, 1.54) is 0 Å². The predicted molar refractivity (Wildman–Crippen MR) is 94.8 cm³/mol. The minimum Gasteiger partial charge on any atom is -0.396 e. The van der Waals surface area contributed by atoms with Gasteiger partial charge in [-0.3, -0.25) is 9.48 Å². The van der Waals surface area contributed by atoms with Crippen molar-refractivity contribution in [2.75, 3.05) is 6.61 Å². The lowest BCUT2D eigenvalue weighted by Crippen LogP contribution is -2.29. The molecule has 1 unspecified atom stereocenters. The van der Waals surface area contributed by atoms with Gasteiger partial charge in [0.05, 0.1) is 17.8 Å². The van der Waals surface area contributed by atoms with Crippen LogP contribution in [0.5, 0.6) is 0 Å². The van der Waals surface area contributed by atoms with E-state index in [-0.39, 0.29) is 18.6 Å². The average Bonchev–Trinajstić information content (AvgIpc) is 2.92. The number of hydrogen-bond acceptors (Lipinski definition) is 3. The number of rotatable bonds is 8. The highest BCUT2D eigenvalue weighted by molar-refractivity contribution is 5.95. The van der Waals surface area contributed by atoms with Crippen molar-refractivity contribution in [1.82, 2.24) is 15.1 Å². The molecule has 0 fully saturated rings. The standard InChI is InChI=1S/C19H27N3O2/c1-14(2)13-22-15(3)17(12-20-22)19(24)21-18(10-7-11-23)16-8-5-4-6-9-16/h4-6,8-9,12,14,18,23H,7,10-11,13H2,1-3H3,(H,21,24). The molecule has 1 aromatic carbocycles. The summed E-state index contributed by atoms with van der Waals surface area (Å²) < 4.78 is 1.88. The predicted octanol–water partition coefficient (Wildman–Crippen LogP) is 3.09. The van der Waals surface area contributed by atoms with Gasteiger partial charge in [0.2, 0.25) is 0 Å². The zero-order valence-electron chi connectivity index (χ0n) is 14.7. The summed E-state index contributed by atoms with van der Waals surface area (Å²) in [6, 6.07) is 9.75. The van der Waals surface area contributed by atoms with E-state index in [1.54, 1.807) is 6.20 Å². The van der Waals surface area contributed by atoms with E-state index in [0.717, 1.165) is 17.8 Å². The summed E-state index contributed by atoms with van der Waals surface area (Å²) in [6.07, 6.45) is 2.98. The van der Waals surface area contributed by atoms with Gasteiger partial charge in [0, 0.05) is 18.8 Å². The zero-order chi connectivity index (χ0) is 17.5. The van der Waals surface area contributed by atoms with Gasteiger partial charge in [0.25, 0.3) is 5.91 Å². The number of aromatic nitrogens is 2. The maximum atomic E-state index is 12.7. The summed E-state index contributed by atoms with van der Waals surface area (Å²) in [4.78, 5) is 12.7. The molecule has 2 rings (SSSR count). The van der Waals surface area contributed by atoms with Crippen LogP contribution in [0, 0.1) is 12.8 Å². The maximum Gasteiger partial charge on any atom is 0.255 e. The number of aliphatic hydroxyl groups is 1. The quantitative estimate of drug-likeness (QED) is 0.782. The molecule has 0 aliphatic rings. The number of nitrogens with one attached hydrogen (secondary N) is 1. The van der Waals surface area contributed by atoms with Crippen LogP contribution in [0.1, 0.15) is 54.3 Å². The van der Waals surface area contributed by atoms with Crippen LogP contribution < -0.4 is 5.32 Å². The highest BCUT2D eigenvalue weighted by Crippen LogP contribution is 2.19. The summed E-state index contributed by atoms with van der Waals surface area (Å²) in [5.74, 6) is 0.357. The SMILES string of the molecule is Cc1c(C(=O)NC(CCCO)c2ccccc2)cnn1CC(C)C. The first-order valence-corrected chi connectivity index (χ1v) is 8.52. The molecule has 1 aromatic heterocycles. The molecular weight excluding hydrogens is 302 g/mol. The number of carbonyl (C=O) groups is 1. The van der Waals surface area contributed by atoms with E-state index >= 15 is 0 Å². The van der Waals surface area contributed by atoms with Gasteiger partial charge in [0.1, 0.15) is 0 Å². The molecule has 0 saturated carbocycles. The normalized spacial score (nSPS) is 12.4. The van der Waals surface area contributed by atoms with Crippen molar-refractivity contribution in [3.63, 3.8) is 0 Å². The van der Waals surface area contributed by atoms with Crippen LogP contribution in [-0.2, 0) is 6.54 Å². The number of carbonyl (C=O) groups excluding carboxylic acids is 1. The lowest BCUT2D eigenvalue weighted by molar-refractivity contribution is 0.0931. The van der Waals surface area contributed by atoms with Crippen molar-refractivity contribution in [3.8, 4) is 0 Å². The molecule has 1 amide bonds. The summed E-state index contributed by atoms with van der Waals surface area (Å²) in [7, 11) is 0. The van der Waals surface area contributed by atoms with Crippen LogP contribution in [0.2, 0.25) is 0 Å². The molecule has 0 saturated heterocycles. The van der Waals surface area contributed by atoms with Crippen molar-refractivity contribution in [1.29, 1.82) is 0 Å². The lowest BCUT2D eigenvalue weighted by Gasteiger charge is -2.19. The fourth-order valence-corrected chi connectivity index (χ4v) is 2.74. The molecule has 0 bridgehead atoms. The molecule has 130 valence electrons. The van der Waals surface area contributed by atoms with Crippen molar-refractivity contribution in [2.45, 2.75) is 46.2 Å². The molecular formula is C19H27N3O2. The van der Waals surface area contributed by atoms with Gasteiger partial charge in [-0.05, 0) is 31.2 Å². The zero-order valence-corrected chi connectivity index (χ0v) is 14.7. The van der Waals surface area contributed by atoms with E-state index < -0.39 is 0 Å². The smallest absolute Gasteiger partial charge is 0.255 e. The number of amides is 1. The van der Waals surface area contributed by atoms with Crippen LogP contribution in [0.3, 0.4) is 0 Å². The Labute approximate surface area is 143 Å². The maximum absolute atomic E-state index is 12.7. The van der Waals surface area contributed by atoms with Gasteiger partial charge in [-0.25, -0.2) is 0 Å². The first kappa shape index (κ1) is 18.2. The highest BCUT2D eigenvalue weighted by Gasteiger charge is 2.19. The molecule has 1 atom stereocenters. The Morgan fingerprint density at radius 3 is 2.62 bits per heavy atom. The van der Waals surface area contributed by atoms with Crippen LogP contribution in [0.25, 0.3) is 0 Å². The molecule has 1 heterocycles. The number of nitrogens with zero attached hydrogens (tertiary/aromatic N) is 2. The summed E-state index contributed by atoms with van der Waals surface area (Å²) in [5.41, 5.74) is 2.54. The van der Waals surface area contributed by atoms with Gasteiger partial charge in [0.15, 0.2) is 0 Å². The second kappa shape index (κ2) is 8.64. The first-order chi connectivity index (χ1) is 11.5. The molecule has 0 radical (unpaired) electrons. The number of aliphatic hydroxyl groups excluding tert-OH is 1. The molecule has 5 heteroatoms. The Morgan fingerprint density at radius 2 is 2.00 bits per heavy atom. The van der Waals surface area contributed by atoms with E-state index in [1.807, 2.05) is 41.9 Å². The van der Waals surface area contributed by atoms with Crippen LogP contribution in [0.15, 0.2) is 36.5 Å². The van der Waals surface area contributed by atoms with Gasteiger partial charge < -0.3 is 10.4 Å². The third kappa shape index (κ3) is 4.68. The van der Waals surface area contributed by atoms with Gasteiger partial charge in [-0.2, -0.15) is 5.10 Å². The topological polar surface area (TPSA) is 67.2 Å². The Bertz CT molecular complexity index is 650. The monoisotopic (exact) mass is 329 g/mol. The van der Waals surface area contributed by atoms with Crippen molar-refractivity contribution in [3.05, 3.63) is 53.3 Å². The fourth-order valence-electron chi connectivity index (χ4n) is 2.74. The van der Waals surface area contributed by atoms with Gasteiger partial charge in [-0.15, -0.1) is 0 Å². The minimum atomic E-state index is -0.116. The van der Waals surface area contributed by atoms with E-state index in [2.05, 4.69) is 24.3 Å². The van der Waals surface area contributed by atoms with Crippen LogP contribution in [0.4, 0.5) is 0 Å². The average molecular weight is 329 g/mol. The largest absolute Gasteiger partial charge is 0.396 e. The van der Waals surface area contributed by atoms with E-state index in [4.69, 9.17) is 5.11 Å². The van der Waals surface area contributed by atoms with Crippen molar-refractivity contribution in [2.24, 2.45) is 5.92 Å². The third-order valence-corrected chi connectivity index (χ3v) is 4.04. The molecule has 2 N–H and O–H groups in total. The first-order valence-electron chi connectivity index (χ1n) is 8.52. The van der Waals surface area contributed by atoms with Crippen LogP contribution in [-0.4, -0.2) is 27.4 Å². The third-order valence-electron chi connectivity index (χ3n) is 4.04. The Kier molecular flexibility index (Phi) is 6.55. The van der Waals surface area contributed by atoms with Gasteiger partial charge >= 0.3 is 0 Å². The van der Waals surface area contributed by atoms with E-state index in [9.17, 15) is 4.79 Å².